The number of aromatic nitrogens is 2. The van der Waals surface area contributed by atoms with Crippen molar-refractivity contribution in [2.45, 2.75) is 20.8 Å². The average molecular weight is 421 g/mol. The van der Waals surface area contributed by atoms with Crippen molar-refractivity contribution >= 4 is 34.6 Å². The summed E-state index contributed by atoms with van der Waals surface area (Å²) in [7, 11) is 0. The lowest BCUT2D eigenvalue weighted by molar-refractivity contribution is -0.122. The zero-order valence-electron chi connectivity index (χ0n) is 17.0. The van der Waals surface area contributed by atoms with E-state index in [9.17, 15) is 9.18 Å². The van der Waals surface area contributed by atoms with Crippen LogP contribution in [0.1, 0.15) is 23.9 Å². The molecule has 4 rings (SSSR count). The van der Waals surface area contributed by atoms with Crippen LogP contribution in [-0.4, -0.2) is 32.1 Å². The van der Waals surface area contributed by atoms with E-state index in [1.807, 2.05) is 45.2 Å². The van der Waals surface area contributed by atoms with Crippen LogP contribution >= 0.6 is 11.8 Å². The van der Waals surface area contributed by atoms with Gasteiger partial charge in [0.25, 0.3) is 5.91 Å². The highest BCUT2D eigenvalue weighted by molar-refractivity contribution is 8.18. The van der Waals surface area contributed by atoms with Gasteiger partial charge in [0, 0.05) is 24.1 Å². The number of thioether (sulfide) groups is 1. The third-order valence-electron chi connectivity index (χ3n) is 4.92. The van der Waals surface area contributed by atoms with Gasteiger partial charge in [-0.3, -0.25) is 14.7 Å². The van der Waals surface area contributed by atoms with Gasteiger partial charge < -0.3 is 4.57 Å². The summed E-state index contributed by atoms with van der Waals surface area (Å²) in [4.78, 5) is 24.0. The predicted octanol–water partition coefficient (Wildman–Crippen LogP) is 5.25. The molecule has 30 heavy (non-hydrogen) atoms. The number of halogens is 1. The molecule has 1 amide bonds. The van der Waals surface area contributed by atoms with Crippen molar-refractivity contribution in [2.24, 2.45) is 4.99 Å². The number of amidine groups is 1. The number of carbonyl (C=O) groups excluding carboxylic acids is 1. The molecule has 0 unspecified atom stereocenters. The summed E-state index contributed by atoms with van der Waals surface area (Å²) in [6, 6.07) is 11.9. The van der Waals surface area contributed by atoms with E-state index in [1.165, 1.54) is 23.9 Å². The fourth-order valence-corrected chi connectivity index (χ4v) is 4.51. The van der Waals surface area contributed by atoms with Gasteiger partial charge >= 0.3 is 0 Å². The Kier molecular flexibility index (Phi) is 5.55. The quantitative estimate of drug-likeness (QED) is 0.542. The monoisotopic (exact) mass is 420 g/mol. The van der Waals surface area contributed by atoms with E-state index in [4.69, 9.17) is 0 Å². The van der Waals surface area contributed by atoms with E-state index in [1.54, 1.807) is 23.2 Å². The number of pyridine rings is 1. The molecule has 0 saturated carbocycles. The zero-order chi connectivity index (χ0) is 21.3. The van der Waals surface area contributed by atoms with Crippen LogP contribution in [0.4, 0.5) is 10.1 Å². The second-order valence-corrected chi connectivity index (χ2v) is 7.91. The molecule has 1 saturated heterocycles. The van der Waals surface area contributed by atoms with Crippen LogP contribution in [-0.2, 0) is 4.79 Å². The molecule has 0 spiro atoms. The fourth-order valence-electron chi connectivity index (χ4n) is 3.45. The number of carbonyl (C=O) groups is 1. The fraction of sp³-hybridized carbons (Fsp3) is 0.174. The van der Waals surface area contributed by atoms with E-state index in [0.29, 0.717) is 22.3 Å². The summed E-state index contributed by atoms with van der Waals surface area (Å²) in [5.41, 5.74) is 4.67. The molecule has 2 aromatic heterocycles. The minimum absolute atomic E-state index is 0.0745. The zero-order valence-corrected chi connectivity index (χ0v) is 17.8. The number of amides is 1. The van der Waals surface area contributed by atoms with Crippen LogP contribution in [0.25, 0.3) is 11.8 Å². The summed E-state index contributed by atoms with van der Waals surface area (Å²) < 4.78 is 15.3. The van der Waals surface area contributed by atoms with Crippen molar-refractivity contribution in [1.82, 2.24) is 14.5 Å². The van der Waals surface area contributed by atoms with Crippen molar-refractivity contribution < 1.29 is 9.18 Å². The molecule has 0 N–H and O–H groups in total. The van der Waals surface area contributed by atoms with Crippen molar-refractivity contribution in [3.8, 4) is 5.69 Å². The van der Waals surface area contributed by atoms with E-state index < -0.39 is 0 Å². The normalized spacial score (nSPS) is 16.8. The molecule has 5 nitrogen and oxygen atoms in total. The first kappa shape index (κ1) is 20.1. The molecule has 1 fully saturated rings. The Morgan fingerprint density at radius 3 is 2.63 bits per heavy atom. The van der Waals surface area contributed by atoms with Crippen LogP contribution in [0, 0.1) is 19.7 Å². The molecule has 3 aromatic rings. The van der Waals surface area contributed by atoms with Crippen LogP contribution < -0.4 is 0 Å². The number of nitrogens with zero attached hydrogens (tertiary/aromatic N) is 4. The molecule has 0 radical (unpaired) electrons. The molecule has 1 aromatic carbocycles. The van der Waals surface area contributed by atoms with E-state index in [-0.39, 0.29) is 11.7 Å². The molecule has 3 heterocycles. The van der Waals surface area contributed by atoms with Gasteiger partial charge in [0.15, 0.2) is 5.17 Å². The smallest absolute Gasteiger partial charge is 0.266 e. The molecule has 1 aliphatic heterocycles. The van der Waals surface area contributed by atoms with E-state index in [2.05, 4.69) is 20.6 Å². The van der Waals surface area contributed by atoms with Gasteiger partial charge in [-0.1, -0.05) is 0 Å². The van der Waals surface area contributed by atoms with Crippen LogP contribution in [0.3, 0.4) is 0 Å². The highest BCUT2D eigenvalue weighted by Gasteiger charge is 2.32. The first-order valence-electron chi connectivity index (χ1n) is 9.63. The number of aryl methyl sites for hydroxylation is 1. The third-order valence-corrected chi connectivity index (χ3v) is 5.92. The topological polar surface area (TPSA) is 50.5 Å². The standard InChI is InChI=1S/C23H21FN4OS/c1-4-27-22(29)21(30-23(27)26-19-9-7-18(24)8-10-19)13-17-12-15(2)28(16(17)3)20-6-5-11-25-14-20/h5-14H,4H2,1-3H3/b21-13+,26-23?. The van der Waals surface area contributed by atoms with Gasteiger partial charge in [-0.2, -0.15) is 0 Å². The van der Waals surface area contributed by atoms with Gasteiger partial charge in [-0.05, 0) is 86.6 Å². The first-order valence-corrected chi connectivity index (χ1v) is 10.4. The molecule has 152 valence electrons. The van der Waals surface area contributed by atoms with Crippen molar-refractivity contribution in [3.63, 3.8) is 0 Å². The number of hydrogen-bond donors (Lipinski definition) is 0. The molecule has 1 aliphatic rings. The summed E-state index contributed by atoms with van der Waals surface area (Å²) >= 11 is 1.34. The number of aliphatic imine (C=N–C) groups is 1. The molecular formula is C23H21FN4OS. The predicted molar refractivity (Wildman–Crippen MR) is 119 cm³/mol. The van der Waals surface area contributed by atoms with E-state index >= 15 is 0 Å². The first-order chi connectivity index (χ1) is 14.5. The maximum Gasteiger partial charge on any atom is 0.266 e. The molecule has 0 atom stereocenters. The molecule has 0 bridgehead atoms. The maximum atomic E-state index is 13.2. The summed E-state index contributed by atoms with van der Waals surface area (Å²) in [6.45, 7) is 6.49. The Morgan fingerprint density at radius 1 is 1.20 bits per heavy atom. The number of likely N-dealkylation sites (N-methyl/N-ethyl adjacent to an activating group) is 1. The summed E-state index contributed by atoms with van der Waals surface area (Å²) in [5, 5.41) is 0.599. The van der Waals surface area contributed by atoms with Gasteiger partial charge in [0.1, 0.15) is 5.82 Å². The Balaban J connectivity index is 1.69. The SMILES string of the molecule is CCN1C(=O)/C(=C\c2cc(C)n(-c3cccnc3)c2C)SC1=Nc1ccc(F)cc1. The van der Waals surface area contributed by atoms with Crippen LogP contribution in [0.5, 0.6) is 0 Å². The van der Waals surface area contributed by atoms with Gasteiger partial charge in [-0.25, -0.2) is 9.38 Å². The largest absolute Gasteiger partial charge is 0.316 e. The summed E-state index contributed by atoms with van der Waals surface area (Å²) in [6.07, 6.45) is 5.48. The lowest BCUT2D eigenvalue weighted by Crippen LogP contribution is -2.28. The number of benzene rings is 1. The molecule has 7 heteroatoms. The maximum absolute atomic E-state index is 13.2. The summed E-state index contributed by atoms with van der Waals surface area (Å²) in [5.74, 6) is -0.388. The lowest BCUT2D eigenvalue weighted by atomic mass is 10.2. The highest BCUT2D eigenvalue weighted by atomic mass is 32.2. The number of hydrogen-bond acceptors (Lipinski definition) is 4. The Labute approximate surface area is 179 Å². The Hall–Kier alpha value is -3.19. The lowest BCUT2D eigenvalue weighted by Gasteiger charge is -2.11. The second-order valence-electron chi connectivity index (χ2n) is 6.90. The second kappa shape index (κ2) is 8.28. The highest BCUT2D eigenvalue weighted by Crippen LogP contribution is 2.35. The Morgan fingerprint density at radius 2 is 1.97 bits per heavy atom. The molecular weight excluding hydrogens is 399 g/mol. The van der Waals surface area contributed by atoms with Crippen molar-refractivity contribution in [3.05, 3.63) is 82.5 Å². The van der Waals surface area contributed by atoms with Crippen molar-refractivity contribution in [1.29, 1.82) is 0 Å². The Bertz CT molecular complexity index is 1150. The minimum Gasteiger partial charge on any atom is -0.316 e. The van der Waals surface area contributed by atoms with Gasteiger partial charge in [0.05, 0.1) is 22.5 Å². The van der Waals surface area contributed by atoms with E-state index in [0.717, 1.165) is 22.6 Å². The van der Waals surface area contributed by atoms with Crippen molar-refractivity contribution in [2.75, 3.05) is 6.54 Å². The average Bonchev–Trinajstić information content (AvgIpc) is 3.19. The number of rotatable bonds is 4. The van der Waals surface area contributed by atoms with Gasteiger partial charge in [-0.15, -0.1) is 0 Å². The van der Waals surface area contributed by atoms with Gasteiger partial charge in [0.2, 0.25) is 0 Å². The van der Waals surface area contributed by atoms with Crippen LogP contribution in [0.15, 0.2) is 64.8 Å². The molecule has 0 aliphatic carbocycles. The minimum atomic E-state index is -0.314. The van der Waals surface area contributed by atoms with Crippen LogP contribution in [0.2, 0.25) is 0 Å². The third kappa shape index (κ3) is 3.80.